The summed E-state index contributed by atoms with van der Waals surface area (Å²) < 4.78 is 1.78. The minimum Gasteiger partial charge on any atom is -0.319 e. The summed E-state index contributed by atoms with van der Waals surface area (Å²) in [6.07, 6.45) is 2.92. The van der Waals surface area contributed by atoms with Crippen LogP contribution in [-0.2, 0) is 13.5 Å². The van der Waals surface area contributed by atoms with E-state index in [4.69, 9.17) is 5.73 Å². The van der Waals surface area contributed by atoms with E-state index in [9.17, 15) is 0 Å². The third-order valence-corrected chi connectivity index (χ3v) is 2.82. The van der Waals surface area contributed by atoms with Crippen LogP contribution >= 0.6 is 0 Å². The van der Waals surface area contributed by atoms with Gasteiger partial charge in [-0.25, -0.2) is 0 Å². The summed E-state index contributed by atoms with van der Waals surface area (Å²) in [6.45, 7) is 2.14. The van der Waals surface area contributed by atoms with Crippen LogP contribution in [0.2, 0.25) is 0 Å². The number of benzene rings is 1. The molecule has 16 heavy (non-hydrogen) atoms. The Morgan fingerprint density at radius 3 is 2.69 bits per heavy atom. The average molecular weight is 215 g/mol. The molecule has 0 bridgehead atoms. The van der Waals surface area contributed by atoms with Gasteiger partial charge in [0.15, 0.2) is 0 Å². The normalized spacial score (nSPS) is 12.7. The molecule has 1 aromatic carbocycles. The summed E-state index contributed by atoms with van der Waals surface area (Å²) in [5.74, 6) is 0. The number of aromatic nitrogens is 2. The van der Waals surface area contributed by atoms with Crippen molar-refractivity contribution in [2.75, 3.05) is 0 Å². The lowest BCUT2D eigenvalue weighted by Crippen LogP contribution is -2.14. The molecule has 0 spiro atoms. The second kappa shape index (κ2) is 4.49. The van der Waals surface area contributed by atoms with E-state index in [1.807, 2.05) is 31.4 Å². The van der Waals surface area contributed by atoms with Crippen molar-refractivity contribution in [1.29, 1.82) is 0 Å². The number of nitrogens with zero attached hydrogens (tertiary/aromatic N) is 2. The highest BCUT2D eigenvalue weighted by atomic mass is 15.3. The Labute approximate surface area is 95.9 Å². The van der Waals surface area contributed by atoms with Crippen molar-refractivity contribution in [3.8, 4) is 0 Å². The number of rotatable bonds is 3. The molecule has 1 aromatic heterocycles. The fourth-order valence-electron chi connectivity index (χ4n) is 1.92. The second-order valence-electron chi connectivity index (χ2n) is 3.94. The van der Waals surface area contributed by atoms with Crippen molar-refractivity contribution in [1.82, 2.24) is 9.78 Å². The Morgan fingerprint density at radius 2 is 2.06 bits per heavy atom. The summed E-state index contributed by atoms with van der Waals surface area (Å²) in [5, 5.41) is 4.35. The van der Waals surface area contributed by atoms with Crippen molar-refractivity contribution < 1.29 is 0 Å². The molecule has 0 saturated carbocycles. The van der Waals surface area contributed by atoms with Gasteiger partial charge in [0, 0.05) is 13.2 Å². The van der Waals surface area contributed by atoms with Gasteiger partial charge in [-0.1, -0.05) is 31.2 Å². The van der Waals surface area contributed by atoms with Crippen molar-refractivity contribution in [3.05, 3.63) is 53.3 Å². The molecule has 84 valence electrons. The lowest BCUT2D eigenvalue weighted by molar-refractivity contribution is 0.712. The quantitative estimate of drug-likeness (QED) is 0.851. The number of hydrogen-bond acceptors (Lipinski definition) is 2. The predicted molar refractivity (Wildman–Crippen MR) is 65.1 cm³/mol. The van der Waals surface area contributed by atoms with Gasteiger partial charge in [-0.05, 0) is 23.6 Å². The number of hydrogen-bond donors (Lipinski definition) is 1. The first kappa shape index (κ1) is 10.9. The smallest absolute Gasteiger partial charge is 0.0837 e. The van der Waals surface area contributed by atoms with E-state index in [1.165, 1.54) is 11.1 Å². The van der Waals surface area contributed by atoms with Crippen LogP contribution < -0.4 is 5.73 Å². The first-order valence-corrected chi connectivity index (χ1v) is 5.55. The molecule has 0 amide bonds. The van der Waals surface area contributed by atoms with E-state index in [0.29, 0.717) is 0 Å². The molecule has 0 aliphatic carbocycles. The Hall–Kier alpha value is -1.61. The zero-order chi connectivity index (χ0) is 11.5. The molecule has 0 fully saturated rings. The van der Waals surface area contributed by atoms with Gasteiger partial charge in [-0.3, -0.25) is 4.68 Å². The summed E-state index contributed by atoms with van der Waals surface area (Å²) >= 11 is 0. The molecule has 3 nitrogen and oxygen atoms in total. The molecule has 1 heterocycles. The van der Waals surface area contributed by atoms with E-state index < -0.39 is 0 Å². The van der Waals surface area contributed by atoms with Gasteiger partial charge in [0.1, 0.15) is 0 Å². The third-order valence-electron chi connectivity index (χ3n) is 2.82. The second-order valence-corrected chi connectivity index (χ2v) is 3.94. The van der Waals surface area contributed by atoms with Crippen LogP contribution in [0.25, 0.3) is 0 Å². The molecule has 0 aliphatic rings. The topological polar surface area (TPSA) is 43.8 Å². The largest absolute Gasteiger partial charge is 0.319 e. The van der Waals surface area contributed by atoms with E-state index in [2.05, 4.69) is 24.2 Å². The number of aryl methyl sites for hydroxylation is 2. The molecule has 2 N–H and O–H groups in total. The van der Waals surface area contributed by atoms with E-state index >= 15 is 0 Å². The van der Waals surface area contributed by atoms with Crippen LogP contribution in [0.3, 0.4) is 0 Å². The molecule has 0 radical (unpaired) electrons. The maximum atomic E-state index is 6.23. The highest BCUT2D eigenvalue weighted by Crippen LogP contribution is 2.21. The maximum absolute atomic E-state index is 6.23. The molecule has 0 saturated heterocycles. The van der Waals surface area contributed by atoms with Crippen molar-refractivity contribution in [2.24, 2.45) is 12.8 Å². The minimum atomic E-state index is -0.127. The zero-order valence-electron chi connectivity index (χ0n) is 9.72. The van der Waals surface area contributed by atoms with Crippen LogP contribution in [0, 0.1) is 0 Å². The molecule has 2 rings (SSSR count). The average Bonchev–Trinajstić information content (AvgIpc) is 2.75. The standard InChI is InChI=1S/C13H17N3/c1-3-10-6-4-5-7-11(10)13(14)12-8-9-16(2)15-12/h4-9,13H,3,14H2,1-2H3. The van der Waals surface area contributed by atoms with Gasteiger partial charge in [0.2, 0.25) is 0 Å². The van der Waals surface area contributed by atoms with E-state index in [1.54, 1.807) is 4.68 Å². The Kier molecular flexibility index (Phi) is 3.06. The van der Waals surface area contributed by atoms with Gasteiger partial charge >= 0.3 is 0 Å². The number of nitrogens with two attached hydrogens (primary N) is 1. The Balaban J connectivity index is 2.36. The molecular weight excluding hydrogens is 198 g/mol. The molecule has 2 aromatic rings. The molecule has 3 heteroatoms. The van der Waals surface area contributed by atoms with Crippen molar-refractivity contribution >= 4 is 0 Å². The molecular formula is C13H17N3. The van der Waals surface area contributed by atoms with Crippen LogP contribution in [0.5, 0.6) is 0 Å². The zero-order valence-corrected chi connectivity index (χ0v) is 9.72. The summed E-state index contributed by atoms with van der Waals surface area (Å²) in [4.78, 5) is 0. The van der Waals surface area contributed by atoms with Gasteiger partial charge in [0.05, 0.1) is 11.7 Å². The van der Waals surface area contributed by atoms with Crippen LogP contribution in [0.4, 0.5) is 0 Å². The first-order valence-electron chi connectivity index (χ1n) is 5.55. The highest BCUT2D eigenvalue weighted by molar-refractivity contribution is 5.34. The van der Waals surface area contributed by atoms with Crippen LogP contribution in [0.15, 0.2) is 36.5 Å². The van der Waals surface area contributed by atoms with Gasteiger partial charge in [-0.15, -0.1) is 0 Å². The van der Waals surface area contributed by atoms with Gasteiger partial charge in [0.25, 0.3) is 0 Å². The van der Waals surface area contributed by atoms with Crippen molar-refractivity contribution in [3.63, 3.8) is 0 Å². The highest BCUT2D eigenvalue weighted by Gasteiger charge is 2.13. The monoisotopic (exact) mass is 215 g/mol. The van der Waals surface area contributed by atoms with Gasteiger partial charge in [-0.2, -0.15) is 5.10 Å². The SMILES string of the molecule is CCc1ccccc1C(N)c1ccn(C)n1. The van der Waals surface area contributed by atoms with Crippen LogP contribution in [0.1, 0.15) is 29.8 Å². The minimum absolute atomic E-state index is 0.127. The fraction of sp³-hybridized carbons (Fsp3) is 0.308. The van der Waals surface area contributed by atoms with E-state index in [0.717, 1.165) is 12.1 Å². The molecule has 1 atom stereocenters. The summed E-state index contributed by atoms with van der Waals surface area (Å²) in [7, 11) is 1.90. The third kappa shape index (κ3) is 1.99. The van der Waals surface area contributed by atoms with E-state index in [-0.39, 0.29) is 6.04 Å². The van der Waals surface area contributed by atoms with Crippen LogP contribution in [-0.4, -0.2) is 9.78 Å². The lowest BCUT2D eigenvalue weighted by atomic mass is 9.97. The summed E-state index contributed by atoms with van der Waals surface area (Å²) in [5.41, 5.74) is 9.61. The fourth-order valence-corrected chi connectivity index (χ4v) is 1.92. The maximum Gasteiger partial charge on any atom is 0.0837 e. The predicted octanol–water partition coefficient (Wildman–Crippen LogP) is 2.03. The Bertz CT molecular complexity index is 474. The first-order chi connectivity index (χ1) is 7.72. The summed E-state index contributed by atoms with van der Waals surface area (Å²) in [6, 6.07) is 10.1. The van der Waals surface area contributed by atoms with Gasteiger partial charge < -0.3 is 5.73 Å². The molecule has 1 unspecified atom stereocenters. The lowest BCUT2D eigenvalue weighted by Gasteiger charge is -2.13. The van der Waals surface area contributed by atoms with Crippen molar-refractivity contribution in [2.45, 2.75) is 19.4 Å². The Morgan fingerprint density at radius 1 is 1.31 bits per heavy atom. The molecule has 0 aliphatic heterocycles.